The van der Waals surface area contributed by atoms with E-state index in [-0.39, 0.29) is 6.42 Å². The Morgan fingerprint density at radius 3 is 2.88 bits per heavy atom. The summed E-state index contributed by atoms with van der Waals surface area (Å²) in [7, 11) is 0. The zero-order valence-corrected chi connectivity index (χ0v) is 11.0. The van der Waals surface area contributed by atoms with Gasteiger partial charge in [0.15, 0.2) is 0 Å². The van der Waals surface area contributed by atoms with E-state index in [4.69, 9.17) is 5.11 Å². The summed E-state index contributed by atoms with van der Waals surface area (Å²) in [6, 6.07) is 0.726. The van der Waals surface area contributed by atoms with Crippen molar-refractivity contribution in [2.45, 2.75) is 38.1 Å². The fourth-order valence-corrected chi connectivity index (χ4v) is 4.69. The molecule has 2 rings (SSSR count). The van der Waals surface area contributed by atoms with E-state index in [1.165, 1.54) is 25.7 Å². The van der Waals surface area contributed by atoms with Crippen LogP contribution in [0.4, 0.5) is 0 Å². The van der Waals surface area contributed by atoms with Gasteiger partial charge in [0.25, 0.3) is 0 Å². The molecular weight excluding hydrogens is 242 g/mol. The minimum absolute atomic E-state index is 0.277. The lowest BCUT2D eigenvalue weighted by Gasteiger charge is -2.22. The maximum Gasteiger partial charge on any atom is 0.304 e. The van der Waals surface area contributed by atoms with Crippen LogP contribution in [0.15, 0.2) is 0 Å². The topological polar surface area (TPSA) is 49.3 Å². The molecular formula is C11H19NO2S2. The van der Waals surface area contributed by atoms with Gasteiger partial charge in [-0.1, -0.05) is 18.4 Å². The van der Waals surface area contributed by atoms with Crippen LogP contribution in [0.1, 0.15) is 32.1 Å². The Balaban J connectivity index is 1.48. The highest BCUT2D eigenvalue weighted by molar-refractivity contribution is 8.15. The first-order valence-corrected chi connectivity index (χ1v) is 8.06. The van der Waals surface area contributed by atoms with Crippen molar-refractivity contribution < 1.29 is 9.90 Å². The molecule has 2 bridgehead atoms. The molecule has 0 saturated heterocycles. The lowest BCUT2D eigenvalue weighted by atomic mass is 9.96. The first kappa shape index (κ1) is 12.6. The van der Waals surface area contributed by atoms with Gasteiger partial charge in [0, 0.05) is 11.8 Å². The minimum atomic E-state index is -0.696. The number of thioether (sulfide) groups is 1. The van der Waals surface area contributed by atoms with Crippen LogP contribution in [0, 0.1) is 11.8 Å². The molecule has 2 N–H and O–H groups in total. The Labute approximate surface area is 105 Å². The summed E-state index contributed by atoms with van der Waals surface area (Å²) in [5.74, 6) is 1.93. The largest absolute Gasteiger partial charge is 0.481 e. The molecule has 0 amide bonds. The van der Waals surface area contributed by atoms with Crippen molar-refractivity contribution in [2.75, 3.05) is 10.8 Å². The van der Waals surface area contributed by atoms with Gasteiger partial charge in [-0.25, -0.2) is 0 Å². The fourth-order valence-electron chi connectivity index (χ4n) is 2.79. The van der Waals surface area contributed by atoms with E-state index in [0.717, 1.165) is 28.7 Å². The number of carboxylic acids is 1. The molecule has 0 aromatic carbocycles. The monoisotopic (exact) mass is 261 g/mol. The van der Waals surface area contributed by atoms with Crippen molar-refractivity contribution in [2.24, 2.45) is 11.8 Å². The zero-order valence-electron chi connectivity index (χ0n) is 9.35. The molecule has 2 saturated carbocycles. The quantitative estimate of drug-likeness (QED) is 0.419. The second-order valence-corrected chi connectivity index (χ2v) is 7.00. The van der Waals surface area contributed by atoms with Crippen molar-refractivity contribution in [1.82, 2.24) is 4.72 Å². The van der Waals surface area contributed by atoms with E-state index >= 15 is 0 Å². The second-order valence-electron chi connectivity index (χ2n) is 4.71. The molecule has 2 aliphatic rings. The Morgan fingerprint density at radius 2 is 2.25 bits per heavy atom. The predicted octanol–water partition coefficient (Wildman–Crippen LogP) is 2.58. The zero-order chi connectivity index (χ0) is 11.4. The first-order chi connectivity index (χ1) is 7.75. The predicted molar refractivity (Wildman–Crippen MR) is 69.5 cm³/mol. The summed E-state index contributed by atoms with van der Waals surface area (Å²) in [6.45, 7) is 0. The van der Waals surface area contributed by atoms with Crippen LogP contribution in [-0.2, 0) is 4.79 Å². The number of aliphatic carboxylic acids is 1. The van der Waals surface area contributed by atoms with Crippen LogP contribution in [0.25, 0.3) is 0 Å². The van der Waals surface area contributed by atoms with E-state index in [1.807, 2.05) is 0 Å². The van der Waals surface area contributed by atoms with Gasteiger partial charge in [-0.05, 0) is 31.1 Å². The van der Waals surface area contributed by atoms with Crippen molar-refractivity contribution in [1.29, 1.82) is 0 Å². The average molecular weight is 261 g/mol. The van der Waals surface area contributed by atoms with Crippen LogP contribution < -0.4 is 4.72 Å². The molecule has 16 heavy (non-hydrogen) atoms. The molecule has 0 spiro atoms. The number of nitrogens with one attached hydrogen (secondary N) is 1. The normalized spacial score (nSPS) is 32.1. The summed E-state index contributed by atoms with van der Waals surface area (Å²) >= 11 is 3.47. The molecule has 0 aliphatic heterocycles. The smallest absolute Gasteiger partial charge is 0.304 e. The van der Waals surface area contributed by atoms with Gasteiger partial charge in [0.2, 0.25) is 0 Å². The van der Waals surface area contributed by atoms with Crippen LogP contribution in [0.3, 0.4) is 0 Å². The molecule has 5 heteroatoms. The van der Waals surface area contributed by atoms with Gasteiger partial charge in [-0.15, -0.1) is 11.8 Å². The van der Waals surface area contributed by atoms with Gasteiger partial charge in [-0.2, -0.15) is 0 Å². The summed E-state index contributed by atoms with van der Waals surface area (Å²) in [5.41, 5.74) is 0. The van der Waals surface area contributed by atoms with Crippen molar-refractivity contribution in [3.63, 3.8) is 0 Å². The molecule has 0 aromatic rings. The standard InChI is InChI=1S/C11H19NO2S2/c13-11(14)3-4-15-7-16-12-10-6-8-1-2-9(10)5-8/h8-10,12H,1-7H2,(H,13,14). The van der Waals surface area contributed by atoms with E-state index in [9.17, 15) is 4.79 Å². The first-order valence-electron chi connectivity index (χ1n) is 5.92. The van der Waals surface area contributed by atoms with Gasteiger partial charge >= 0.3 is 5.97 Å². The summed E-state index contributed by atoms with van der Waals surface area (Å²) < 4.78 is 3.55. The highest BCUT2D eigenvalue weighted by atomic mass is 32.2. The highest BCUT2D eigenvalue weighted by Gasteiger charge is 2.39. The minimum Gasteiger partial charge on any atom is -0.481 e. The Morgan fingerprint density at radius 1 is 1.38 bits per heavy atom. The number of carbonyl (C=O) groups is 1. The second kappa shape index (κ2) is 6.17. The Bertz CT molecular complexity index is 250. The lowest BCUT2D eigenvalue weighted by Crippen LogP contribution is -2.29. The number of fused-ring (bicyclic) bond motifs is 2. The number of hydrogen-bond donors (Lipinski definition) is 2. The number of carboxylic acid groups (broad SMARTS) is 1. The summed E-state index contributed by atoms with van der Waals surface area (Å²) in [5, 5.41) is 9.44. The fraction of sp³-hybridized carbons (Fsp3) is 0.909. The van der Waals surface area contributed by atoms with Crippen molar-refractivity contribution in [3.05, 3.63) is 0 Å². The highest BCUT2D eigenvalue weighted by Crippen LogP contribution is 2.44. The van der Waals surface area contributed by atoms with E-state index in [0.29, 0.717) is 0 Å². The van der Waals surface area contributed by atoms with E-state index in [2.05, 4.69) is 4.72 Å². The van der Waals surface area contributed by atoms with E-state index < -0.39 is 5.97 Å². The third-order valence-corrected chi connectivity index (χ3v) is 5.68. The molecule has 0 radical (unpaired) electrons. The average Bonchev–Trinajstić information content (AvgIpc) is 2.84. The third-order valence-electron chi connectivity index (χ3n) is 3.58. The van der Waals surface area contributed by atoms with Crippen molar-refractivity contribution >= 4 is 29.7 Å². The van der Waals surface area contributed by atoms with Gasteiger partial charge < -0.3 is 5.11 Å². The third kappa shape index (κ3) is 3.57. The lowest BCUT2D eigenvalue weighted by molar-refractivity contribution is -0.136. The van der Waals surface area contributed by atoms with Gasteiger partial charge in [-0.3, -0.25) is 9.52 Å². The Hall–Kier alpha value is 0.130. The maximum atomic E-state index is 10.3. The molecule has 2 aliphatic carbocycles. The molecule has 3 atom stereocenters. The van der Waals surface area contributed by atoms with Gasteiger partial charge in [0.1, 0.15) is 0 Å². The molecule has 92 valence electrons. The van der Waals surface area contributed by atoms with Crippen LogP contribution in [0.5, 0.6) is 0 Å². The van der Waals surface area contributed by atoms with Crippen molar-refractivity contribution in [3.8, 4) is 0 Å². The van der Waals surface area contributed by atoms with Crippen LogP contribution in [0.2, 0.25) is 0 Å². The molecule has 0 aromatic heterocycles. The van der Waals surface area contributed by atoms with Crippen LogP contribution >= 0.6 is 23.7 Å². The SMILES string of the molecule is O=C(O)CCSCSNC1CC2CCC1C2. The molecule has 3 nitrogen and oxygen atoms in total. The maximum absolute atomic E-state index is 10.3. The van der Waals surface area contributed by atoms with Crippen LogP contribution in [-0.4, -0.2) is 28.0 Å². The molecule has 2 fully saturated rings. The number of rotatable bonds is 7. The molecule has 3 unspecified atom stereocenters. The Kier molecular flexibility index (Phi) is 4.85. The number of hydrogen-bond acceptors (Lipinski definition) is 4. The molecule has 0 heterocycles. The summed E-state index contributed by atoms with van der Waals surface area (Å²) in [4.78, 5) is 10.3. The van der Waals surface area contributed by atoms with E-state index in [1.54, 1.807) is 23.7 Å². The van der Waals surface area contributed by atoms with Gasteiger partial charge in [0.05, 0.1) is 11.5 Å². The summed E-state index contributed by atoms with van der Waals surface area (Å²) in [6.07, 6.45) is 5.93.